The number of hydrogen-bond donors (Lipinski definition) is 1. The van der Waals surface area contributed by atoms with Crippen molar-refractivity contribution in [1.82, 2.24) is 0 Å². The molecule has 0 radical (unpaired) electrons. The number of carbonyl (C=O) groups excluding carboxylic acids is 1. The number of hydrogen-bond acceptors (Lipinski definition) is 1. The van der Waals surface area contributed by atoms with Gasteiger partial charge in [0.05, 0.1) is 5.56 Å². The average Bonchev–Trinajstić information content (AvgIpc) is 2.36. The van der Waals surface area contributed by atoms with Gasteiger partial charge in [-0.15, -0.1) is 0 Å². The van der Waals surface area contributed by atoms with Gasteiger partial charge < -0.3 is 5.32 Å². The minimum Gasteiger partial charge on any atom is -0.322 e. The van der Waals surface area contributed by atoms with Crippen LogP contribution in [0.2, 0.25) is 0 Å². The molecule has 0 bridgehead atoms. The fraction of sp³-hybridized carbons (Fsp3) is 0.0714. The van der Waals surface area contributed by atoms with E-state index in [-0.39, 0.29) is 5.91 Å². The highest BCUT2D eigenvalue weighted by Crippen LogP contribution is 2.24. The summed E-state index contributed by atoms with van der Waals surface area (Å²) in [5.41, 5.74) is 2.47. The van der Waals surface area contributed by atoms with Crippen LogP contribution in [0.1, 0.15) is 15.9 Å². The van der Waals surface area contributed by atoms with E-state index in [0.717, 1.165) is 24.7 Å². The molecular weight excluding hydrogens is 438 g/mol. The topological polar surface area (TPSA) is 29.1 Å². The summed E-state index contributed by atoms with van der Waals surface area (Å²) in [7, 11) is 0. The predicted octanol–water partition coefficient (Wildman–Crippen LogP) is 5.53. The van der Waals surface area contributed by atoms with Crippen LogP contribution in [0.25, 0.3) is 0 Å². The molecule has 0 saturated heterocycles. The van der Waals surface area contributed by atoms with Crippen molar-refractivity contribution < 1.29 is 4.79 Å². The number of rotatable bonds is 2. The lowest BCUT2D eigenvalue weighted by Gasteiger charge is -2.08. The number of nitrogens with one attached hydrogen (secondary N) is 1. The van der Waals surface area contributed by atoms with Crippen molar-refractivity contribution in [3.8, 4) is 0 Å². The number of amides is 1. The van der Waals surface area contributed by atoms with Gasteiger partial charge >= 0.3 is 0 Å². The van der Waals surface area contributed by atoms with Crippen LogP contribution in [-0.2, 0) is 0 Å². The molecule has 0 fully saturated rings. The molecule has 0 aromatic heterocycles. The lowest BCUT2D eigenvalue weighted by molar-refractivity contribution is 0.102. The highest BCUT2D eigenvalue weighted by atomic mass is 79.9. The van der Waals surface area contributed by atoms with Gasteiger partial charge in [-0.3, -0.25) is 4.79 Å². The summed E-state index contributed by atoms with van der Waals surface area (Å²) in [6, 6.07) is 11.2. The van der Waals surface area contributed by atoms with Crippen molar-refractivity contribution in [3.63, 3.8) is 0 Å². The Labute approximate surface area is 137 Å². The fourth-order valence-corrected chi connectivity index (χ4v) is 2.71. The van der Waals surface area contributed by atoms with E-state index < -0.39 is 0 Å². The molecule has 0 aliphatic carbocycles. The molecule has 1 amide bonds. The van der Waals surface area contributed by atoms with E-state index in [4.69, 9.17) is 0 Å². The van der Waals surface area contributed by atoms with Crippen molar-refractivity contribution in [2.45, 2.75) is 6.92 Å². The van der Waals surface area contributed by atoms with Crippen LogP contribution in [0.3, 0.4) is 0 Å². The third-order valence-electron chi connectivity index (χ3n) is 2.60. The molecule has 98 valence electrons. The Morgan fingerprint density at radius 1 is 1.00 bits per heavy atom. The number of halogens is 3. The highest BCUT2D eigenvalue weighted by Gasteiger charge is 2.11. The van der Waals surface area contributed by atoms with E-state index in [1.165, 1.54) is 0 Å². The summed E-state index contributed by atoms with van der Waals surface area (Å²) in [5, 5.41) is 2.87. The first-order valence-electron chi connectivity index (χ1n) is 5.50. The van der Waals surface area contributed by atoms with Gasteiger partial charge in [0.25, 0.3) is 5.91 Å². The van der Waals surface area contributed by atoms with Crippen molar-refractivity contribution >= 4 is 59.4 Å². The maximum Gasteiger partial charge on any atom is 0.256 e. The molecule has 5 heteroatoms. The van der Waals surface area contributed by atoms with Gasteiger partial charge in [0.2, 0.25) is 0 Å². The highest BCUT2D eigenvalue weighted by molar-refractivity contribution is 9.11. The lowest BCUT2D eigenvalue weighted by atomic mass is 10.2. The first-order chi connectivity index (χ1) is 8.97. The van der Waals surface area contributed by atoms with Crippen molar-refractivity contribution in [2.24, 2.45) is 0 Å². The maximum absolute atomic E-state index is 12.2. The van der Waals surface area contributed by atoms with Crippen molar-refractivity contribution in [1.29, 1.82) is 0 Å². The Hall–Kier alpha value is -0.650. The third-order valence-corrected chi connectivity index (χ3v) is 4.64. The number of aryl methyl sites for hydroxylation is 1. The molecule has 2 aromatic carbocycles. The lowest BCUT2D eigenvalue weighted by Crippen LogP contribution is -2.12. The van der Waals surface area contributed by atoms with Gasteiger partial charge in [-0.1, -0.05) is 37.9 Å². The Kier molecular flexibility index (Phi) is 4.81. The standard InChI is InChI=1S/C14H10Br3NO/c1-8-2-4-10(7-13(8)17)18-14(19)11-6-9(15)3-5-12(11)16/h2-7H,1H3,(H,18,19). The Morgan fingerprint density at radius 2 is 1.74 bits per heavy atom. The molecule has 2 aromatic rings. The molecule has 0 spiro atoms. The predicted molar refractivity (Wildman–Crippen MR) is 88.7 cm³/mol. The summed E-state index contributed by atoms with van der Waals surface area (Å²) in [6.07, 6.45) is 0. The second kappa shape index (κ2) is 6.20. The summed E-state index contributed by atoms with van der Waals surface area (Å²) < 4.78 is 2.60. The smallest absolute Gasteiger partial charge is 0.256 e. The minimum absolute atomic E-state index is 0.149. The molecule has 0 heterocycles. The van der Waals surface area contributed by atoms with Crippen LogP contribution >= 0.6 is 47.8 Å². The Morgan fingerprint density at radius 3 is 2.42 bits per heavy atom. The normalized spacial score (nSPS) is 10.3. The monoisotopic (exact) mass is 445 g/mol. The van der Waals surface area contributed by atoms with E-state index in [0.29, 0.717) is 5.56 Å². The second-order valence-corrected chi connectivity index (χ2v) is 6.67. The molecule has 0 aliphatic heterocycles. The van der Waals surface area contributed by atoms with Crippen LogP contribution in [0.5, 0.6) is 0 Å². The van der Waals surface area contributed by atoms with Crippen LogP contribution < -0.4 is 5.32 Å². The average molecular weight is 448 g/mol. The molecule has 2 rings (SSSR count). The van der Waals surface area contributed by atoms with Gasteiger partial charge in [-0.25, -0.2) is 0 Å². The first kappa shape index (κ1) is 14.8. The van der Waals surface area contributed by atoms with E-state index in [1.807, 2.05) is 37.3 Å². The summed E-state index contributed by atoms with van der Waals surface area (Å²) >= 11 is 10.2. The van der Waals surface area contributed by atoms with Crippen LogP contribution in [0, 0.1) is 6.92 Å². The molecule has 2 nitrogen and oxygen atoms in total. The fourth-order valence-electron chi connectivity index (χ4n) is 1.54. The maximum atomic E-state index is 12.2. The van der Waals surface area contributed by atoms with Gasteiger partial charge in [0.15, 0.2) is 0 Å². The molecule has 0 aliphatic rings. The third kappa shape index (κ3) is 3.68. The van der Waals surface area contributed by atoms with E-state index in [1.54, 1.807) is 6.07 Å². The molecule has 0 saturated carbocycles. The zero-order valence-corrected chi connectivity index (χ0v) is 14.8. The molecule has 0 unspecified atom stereocenters. The van der Waals surface area contributed by atoms with Crippen LogP contribution in [0.15, 0.2) is 49.8 Å². The van der Waals surface area contributed by atoms with Gasteiger partial charge in [0.1, 0.15) is 0 Å². The quantitative estimate of drug-likeness (QED) is 0.643. The van der Waals surface area contributed by atoms with Gasteiger partial charge in [-0.2, -0.15) is 0 Å². The van der Waals surface area contributed by atoms with E-state index >= 15 is 0 Å². The van der Waals surface area contributed by atoms with Crippen LogP contribution in [-0.4, -0.2) is 5.91 Å². The first-order valence-corrected chi connectivity index (χ1v) is 7.88. The van der Waals surface area contributed by atoms with Gasteiger partial charge in [0, 0.05) is 19.1 Å². The molecule has 19 heavy (non-hydrogen) atoms. The Balaban J connectivity index is 2.25. The molecule has 1 N–H and O–H groups in total. The summed E-state index contributed by atoms with van der Waals surface area (Å²) in [6.45, 7) is 2.00. The zero-order chi connectivity index (χ0) is 14.0. The molecule has 0 atom stereocenters. The van der Waals surface area contributed by atoms with Crippen molar-refractivity contribution in [3.05, 3.63) is 60.9 Å². The second-order valence-electron chi connectivity index (χ2n) is 4.04. The molecular formula is C14H10Br3NO. The SMILES string of the molecule is Cc1ccc(NC(=O)c2cc(Br)ccc2Br)cc1Br. The number of benzene rings is 2. The summed E-state index contributed by atoms with van der Waals surface area (Å²) in [5.74, 6) is -0.149. The minimum atomic E-state index is -0.149. The number of carbonyl (C=O) groups is 1. The summed E-state index contributed by atoms with van der Waals surface area (Å²) in [4.78, 5) is 12.2. The van der Waals surface area contributed by atoms with E-state index in [2.05, 4.69) is 53.1 Å². The zero-order valence-electron chi connectivity index (χ0n) is 10.0. The van der Waals surface area contributed by atoms with Crippen LogP contribution in [0.4, 0.5) is 5.69 Å². The van der Waals surface area contributed by atoms with Gasteiger partial charge in [-0.05, 0) is 58.7 Å². The largest absolute Gasteiger partial charge is 0.322 e. The van der Waals surface area contributed by atoms with Crippen molar-refractivity contribution in [2.75, 3.05) is 5.32 Å². The Bertz CT molecular complexity index is 641. The van der Waals surface area contributed by atoms with E-state index in [9.17, 15) is 4.79 Å². The number of anilines is 1.